The molecule has 8 heteroatoms. The molecule has 0 aliphatic carbocycles. The number of halogens is 2. The summed E-state index contributed by atoms with van der Waals surface area (Å²) < 4.78 is 1.56. The van der Waals surface area contributed by atoms with Crippen LogP contribution in [0.4, 0.5) is 5.69 Å². The van der Waals surface area contributed by atoms with Gasteiger partial charge in [0.15, 0.2) is 5.69 Å². The molecule has 1 aromatic carbocycles. The summed E-state index contributed by atoms with van der Waals surface area (Å²) in [6, 6.07) is 10.2. The Bertz CT molecular complexity index is 984. The van der Waals surface area contributed by atoms with Crippen LogP contribution < -0.4 is 10.6 Å². The predicted octanol–water partition coefficient (Wildman–Crippen LogP) is 4.03. The van der Waals surface area contributed by atoms with Gasteiger partial charge in [-0.25, -0.2) is 4.98 Å². The number of carbonyl (C=O) groups is 2. The van der Waals surface area contributed by atoms with E-state index in [1.807, 2.05) is 6.92 Å². The van der Waals surface area contributed by atoms with E-state index < -0.39 is 5.91 Å². The van der Waals surface area contributed by atoms with Gasteiger partial charge in [-0.15, -0.1) is 0 Å². The monoisotopic (exact) mass is 390 g/mol. The lowest BCUT2D eigenvalue weighted by Crippen LogP contribution is -2.24. The zero-order valence-electron chi connectivity index (χ0n) is 13.9. The van der Waals surface area contributed by atoms with Crippen LogP contribution in [0.3, 0.4) is 0 Å². The minimum Gasteiger partial charge on any atom is -0.351 e. The zero-order valence-corrected chi connectivity index (χ0v) is 15.4. The van der Waals surface area contributed by atoms with E-state index in [2.05, 4.69) is 15.6 Å². The van der Waals surface area contributed by atoms with Gasteiger partial charge in [0.05, 0.1) is 21.2 Å². The topological polar surface area (TPSA) is 75.5 Å². The van der Waals surface area contributed by atoms with Crippen molar-refractivity contribution in [2.24, 2.45) is 0 Å². The van der Waals surface area contributed by atoms with E-state index in [0.717, 1.165) is 6.42 Å². The Balaban J connectivity index is 1.98. The molecule has 6 nitrogen and oxygen atoms in total. The molecule has 2 heterocycles. The highest BCUT2D eigenvalue weighted by molar-refractivity contribution is 6.44. The number of pyridine rings is 1. The normalized spacial score (nSPS) is 10.7. The Hall–Kier alpha value is -2.57. The van der Waals surface area contributed by atoms with E-state index in [-0.39, 0.29) is 22.4 Å². The number of nitrogens with zero attached hydrogens (tertiary/aromatic N) is 2. The molecular weight excluding hydrogens is 375 g/mol. The van der Waals surface area contributed by atoms with Gasteiger partial charge in [-0.2, -0.15) is 0 Å². The maximum atomic E-state index is 12.7. The van der Waals surface area contributed by atoms with E-state index in [9.17, 15) is 9.59 Å². The van der Waals surface area contributed by atoms with Gasteiger partial charge in [0.2, 0.25) is 5.82 Å². The van der Waals surface area contributed by atoms with Crippen molar-refractivity contribution < 1.29 is 9.59 Å². The first-order chi connectivity index (χ1) is 12.5. The van der Waals surface area contributed by atoms with Crippen molar-refractivity contribution in [2.45, 2.75) is 13.3 Å². The number of fused-ring (bicyclic) bond motifs is 1. The van der Waals surface area contributed by atoms with Crippen molar-refractivity contribution in [3.8, 4) is 0 Å². The fourth-order valence-corrected chi connectivity index (χ4v) is 2.81. The number of nitrogens with one attached hydrogen (secondary N) is 2. The van der Waals surface area contributed by atoms with Crippen molar-refractivity contribution in [1.82, 2.24) is 14.7 Å². The number of hydrogen-bond acceptors (Lipinski definition) is 3. The Labute approximate surface area is 160 Å². The highest BCUT2D eigenvalue weighted by atomic mass is 35.5. The first kappa shape index (κ1) is 18.2. The number of amides is 2. The second-order valence-electron chi connectivity index (χ2n) is 5.55. The maximum absolute atomic E-state index is 12.7. The number of carbonyl (C=O) groups excluding carboxylic acids is 2. The van der Waals surface area contributed by atoms with Crippen molar-refractivity contribution >= 4 is 46.2 Å². The molecule has 2 amide bonds. The average Bonchev–Trinajstić information content (AvgIpc) is 3.03. The number of hydrogen-bond donors (Lipinski definition) is 2. The third kappa shape index (κ3) is 3.52. The van der Waals surface area contributed by atoms with Crippen LogP contribution in [0.1, 0.15) is 34.5 Å². The van der Waals surface area contributed by atoms with E-state index >= 15 is 0 Å². The van der Waals surface area contributed by atoms with Crippen molar-refractivity contribution in [3.05, 3.63) is 64.2 Å². The van der Waals surface area contributed by atoms with Crippen molar-refractivity contribution in [3.63, 3.8) is 0 Å². The van der Waals surface area contributed by atoms with Gasteiger partial charge in [0.25, 0.3) is 11.8 Å². The number of aromatic nitrogens is 2. The van der Waals surface area contributed by atoms with Crippen LogP contribution in [0, 0.1) is 0 Å². The number of benzene rings is 1. The molecule has 0 saturated carbocycles. The number of imidazole rings is 1. The largest absolute Gasteiger partial charge is 0.351 e. The summed E-state index contributed by atoms with van der Waals surface area (Å²) in [5.41, 5.74) is 1.11. The predicted molar refractivity (Wildman–Crippen MR) is 102 cm³/mol. The molecule has 0 fully saturated rings. The SMILES string of the molecule is CCCNC(=O)c1nc(C(=O)Nc2cccc(Cl)c2Cl)n2ccccc12. The molecule has 0 bridgehead atoms. The minimum atomic E-state index is -0.495. The van der Waals surface area contributed by atoms with Gasteiger partial charge >= 0.3 is 0 Å². The highest BCUT2D eigenvalue weighted by Gasteiger charge is 2.22. The summed E-state index contributed by atoms with van der Waals surface area (Å²) in [5, 5.41) is 6.03. The fraction of sp³-hybridized carbons (Fsp3) is 0.167. The molecule has 3 rings (SSSR count). The van der Waals surface area contributed by atoms with Gasteiger partial charge < -0.3 is 10.6 Å². The molecular formula is C18H16Cl2N4O2. The van der Waals surface area contributed by atoms with E-state index in [0.29, 0.717) is 22.8 Å². The molecule has 0 unspecified atom stereocenters. The summed E-state index contributed by atoms with van der Waals surface area (Å²) in [7, 11) is 0. The van der Waals surface area contributed by atoms with E-state index in [4.69, 9.17) is 23.2 Å². The van der Waals surface area contributed by atoms with Crippen LogP contribution in [0.25, 0.3) is 5.52 Å². The summed E-state index contributed by atoms with van der Waals surface area (Å²) in [5.74, 6) is -0.737. The quantitative estimate of drug-likeness (QED) is 0.690. The van der Waals surface area contributed by atoms with Gasteiger partial charge in [-0.1, -0.05) is 42.3 Å². The molecule has 2 N–H and O–H groups in total. The van der Waals surface area contributed by atoms with Crippen LogP contribution in [0.5, 0.6) is 0 Å². The van der Waals surface area contributed by atoms with Gasteiger partial charge in [0.1, 0.15) is 0 Å². The van der Waals surface area contributed by atoms with Crippen LogP contribution in [-0.4, -0.2) is 27.7 Å². The number of rotatable bonds is 5. The summed E-state index contributed by atoms with van der Waals surface area (Å²) >= 11 is 12.1. The Morgan fingerprint density at radius 2 is 1.92 bits per heavy atom. The average molecular weight is 391 g/mol. The molecule has 0 atom stereocenters. The molecule has 3 aromatic rings. The lowest BCUT2D eigenvalue weighted by atomic mass is 10.3. The maximum Gasteiger partial charge on any atom is 0.292 e. The molecule has 134 valence electrons. The van der Waals surface area contributed by atoms with Crippen LogP contribution in [-0.2, 0) is 0 Å². The molecule has 0 radical (unpaired) electrons. The summed E-state index contributed by atoms with van der Waals surface area (Å²) in [6.07, 6.45) is 2.48. The fourth-order valence-electron chi connectivity index (χ4n) is 2.47. The standard InChI is InChI=1S/C18H16Cl2N4O2/c1-2-9-21-17(25)15-13-8-3-4-10-24(13)16(23-15)18(26)22-12-7-5-6-11(19)14(12)20/h3-8,10H,2,9H2,1H3,(H,21,25)(H,22,26). The lowest BCUT2D eigenvalue weighted by molar-refractivity contribution is 0.0951. The van der Waals surface area contributed by atoms with Crippen LogP contribution in [0.2, 0.25) is 10.0 Å². The van der Waals surface area contributed by atoms with Crippen LogP contribution in [0.15, 0.2) is 42.6 Å². The van der Waals surface area contributed by atoms with Crippen LogP contribution >= 0.6 is 23.2 Å². The summed E-state index contributed by atoms with van der Waals surface area (Å²) in [6.45, 7) is 2.49. The Kier molecular flexibility index (Phi) is 5.44. The Morgan fingerprint density at radius 1 is 1.12 bits per heavy atom. The molecule has 0 spiro atoms. The molecule has 0 aliphatic rings. The molecule has 0 saturated heterocycles. The van der Waals surface area contributed by atoms with Gasteiger partial charge in [0, 0.05) is 12.7 Å². The first-order valence-corrected chi connectivity index (χ1v) is 8.79. The van der Waals surface area contributed by atoms with E-state index in [1.165, 1.54) is 0 Å². The third-order valence-electron chi connectivity index (χ3n) is 3.70. The Morgan fingerprint density at radius 3 is 2.69 bits per heavy atom. The van der Waals surface area contributed by atoms with Crippen molar-refractivity contribution in [1.29, 1.82) is 0 Å². The lowest BCUT2D eigenvalue weighted by Gasteiger charge is -2.07. The zero-order chi connectivity index (χ0) is 18.7. The van der Waals surface area contributed by atoms with Gasteiger partial charge in [-0.05, 0) is 30.7 Å². The molecule has 0 aliphatic heterocycles. The second-order valence-corrected chi connectivity index (χ2v) is 6.34. The summed E-state index contributed by atoms with van der Waals surface area (Å²) in [4.78, 5) is 29.3. The highest BCUT2D eigenvalue weighted by Crippen LogP contribution is 2.29. The molecule has 2 aromatic heterocycles. The van der Waals surface area contributed by atoms with Crippen molar-refractivity contribution in [2.75, 3.05) is 11.9 Å². The van der Waals surface area contributed by atoms with E-state index in [1.54, 1.807) is 47.0 Å². The smallest absolute Gasteiger partial charge is 0.292 e. The second kappa shape index (κ2) is 7.76. The first-order valence-electron chi connectivity index (χ1n) is 8.03. The number of anilines is 1. The van der Waals surface area contributed by atoms with Gasteiger partial charge in [-0.3, -0.25) is 14.0 Å². The molecule has 26 heavy (non-hydrogen) atoms. The minimum absolute atomic E-state index is 0.0818. The third-order valence-corrected chi connectivity index (χ3v) is 4.52.